The molecule has 0 amide bonds. The third-order valence-corrected chi connectivity index (χ3v) is 4.20. The van der Waals surface area contributed by atoms with Crippen molar-refractivity contribution in [3.05, 3.63) is 56.5 Å². The second kappa shape index (κ2) is 5.93. The summed E-state index contributed by atoms with van der Waals surface area (Å²) in [6, 6.07) is 8.17. The Kier molecular flexibility index (Phi) is 4.18. The van der Waals surface area contributed by atoms with Crippen LogP contribution in [0.3, 0.4) is 0 Å². The van der Waals surface area contributed by atoms with E-state index in [1.165, 1.54) is 0 Å². The topological polar surface area (TPSA) is 44.5 Å². The van der Waals surface area contributed by atoms with Crippen LogP contribution in [0.2, 0.25) is 15.1 Å². The SMILES string of the molecule is NC(c1cc(Cl)ccc1Cl)c1cc2c(cc1Cl)OCCO2. The molecule has 0 saturated heterocycles. The Balaban J connectivity index is 2.05. The Morgan fingerprint density at radius 1 is 0.857 bits per heavy atom. The lowest BCUT2D eigenvalue weighted by Crippen LogP contribution is -2.17. The molecular formula is C15H12Cl3NO2. The number of nitrogens with two attached hydrogens (primary N) is 1. The van der Waals surface area contributed by atoms with Gasteiger partial charge >= 0.3 is 0 Å². The second-order valence-electron chi connectivity index (χ2n) is 4.66. The molecule has 1 aliphatic heterocycles. The minimum absolute atomic E-state index is 0.500. The van der Waals surface area contributed by atoms with Gasteiger partial charge in [0.15, 0.2) is 11.5 Å². The number of benzene rings is 2. The van der Waals surface area contributed by atoms with Gasteiger partial charge in [-0.2, -0.15) is 0 Å². The highest BCUT2D eigenvalue weighted by Crippen LogP contribution is 2.40. The van der Waals surface area contributed by atoms with E-state index in [4.69, 9.17) is 50.0 Å². The number of fused-ring (bicyclic) bond motifs is 1. The molecule has 6 heteroatoms. The third-order valence-electron chi connectivity index (χ3n) is 3.29. The van der Waals surface area contributed by atoms with E-state index >= 15 is 0 Å². The highest BCUT2D eigenvalue weighted by Gasteiger charge is 2.21. The molecule has 1 aliphatic rings. The van der Waals surface area contributed by atoms with E-state index in [-0.39, 0.29) is 0 Å². The lowest BCUT2D eigenvalue weighted by molar-refractivity contribution is 0.171. The molecule has 0 radical (unpaired) electrons. The van der Waals surface area contributed by atoms with Crippen LogP contribution in [0.25, 0.3) is 0 Å². The molecule has 1 atom stereocenters. The molecule has 1 unspecified atom stereocenters. The predicted octanol–water partition coefficient (Wildman–Crippen LogP) is 4.47. The van der Waals surface area contributed by atoms with Gasteiger partial charge in [0.2, 0.25) is 0 Å². The molecule has 0 bridgehead atoms. The summed E-state index contributed by atoms with van der Waals surface area (Å²) in [6.45, 7) is 1.01. The number of halogens is 3. The molecule has 0 aliphatic carbocycles. The Morgan fingerprint density at radius 2 is 1.48 bits per heavy atom. The first-order valence-corrected chi connectivity index (χ1v) is 7.49. The first-order chi connectivity index (χ1) is 10.1. The summed E-state index contributed by atoms with van der Waals surface area (Å²) in [5, 5.41) is 1.61. The number of hydrogen-bond acceptors (Lipinski definition) is 3. The largest absolute Gasteiger partial charge is 0.486 e. The van der Waals surface area contributed by atoms with Crippen LogP contribution in [0.4, 0.5) is 0 Å². The summed E-state index contributed by atoms with van der Waals surface area (Å²) in [5.41, 5.74) is 7.72. The molecule has 2 aromatic carbocycles. The van der Waals surface area contributed by atoms with Crippen molar-refractivity contribution in [3.8, 4) is 11.5 Å². The van der Waals surface area contributed by atoms with Crippen molar-refractivity contribution in [1.82, 2.24) is 0 Å². The van der Waals surface area contributed by atoms with Crippen molar-refractivity contribution in [2.75, 3.05) is 13.2 Å². The maximum Gasteiger partial charge on any atom is 0.162 e. The van der Waals surface area contributed by atoms with Crippen molar-refractivity contribution < 1.29 is 9.47 Å². The number of ether oxygens (including phenoxy) is 2. The fourth-order valence-electron chi connectivity index (χ4n) is 2.24. The molecule has 110 valence electrons. The molecule has 0 aromatic heterocycles. The van der Waals surface area contributed by atoms with E-state index in [0.717, 1.165) is 0 Å². The maximum atomic E-state index is 6.31. The standard InChI is InChI=1S/C15H12Cl3NO2/c16-8-1-2-11(17)9(5-8)15(19)10-6-13-14(7-12(10)18)21-4-3-20-13/h1-2,5-7,15H,3-4,19H2. The van der Waals surface area contributed by atoms with Gasteiger partial charge in [-0.15, -0.1) is 0 Å². The van der Waals surface area contributed by atoms with Crippen molar-refractivity contribution in [2.45, 2.75) is 6.04 Å². The summed E-state index contributed by atoms with van der Waals surface area (Å²) in [4.78, 5) is 0. The summed E-state index contributed by atoms with van der Waals surface area (Å²) in [6.07, 6.45) is 0. The van der Waals surface area contributed by atoms with Crippen LogP contribution < -0.4 is 15.2 Å². The van der Waals surface area contributed by atoms with E-state index in [9.17, 15) is 0 Å². The fraction of sp³-hybridized carbons (Fsp3) is 0.200. The summed E-state index contributed by atoms with van der Waals surface area (Å²) < 4.78 is 11.1. The van der Waals surface area contributed by atoms with E-state index in [2.05, 4.69) is 0 Å². The van der Waals surface area contributed by atoms with Crippen LogP contribution in [0.5, 0.6) is 11.5 Å². The minimum Gasteiger partial charge on any atom is -0.486 e. The van der Waals surface area contributed by atoms with Crippen LogP contribution in [-0.2, 0) is 0 Å². The van der Waals surface area contributed by atoms with Crippen LogP contribution in [0, 0.1) is 0 Å². The highest BCUT2D eigenvalue weighted by atomic mass is 35.5. The van der Waals surface area contributed by atoms with Gasteiger partial charge in [-0.1, -0.05) is 34.8 Å². The summed E-state index contributed by atoms with van der Waals surface area (Å²) >= 11 is 18.5. The van der Waals surface area contributed by atoms with Crippen LogP contribution >= 0.6 is 34.8 Å². The van der Waals surface area contributed by atoms with E-state index < -0.39 is 6.04 Å². The lowest BCUT2D eigenvalue weighted by Gasteiger charge is -2.22. The first kappa shape index (κ1) is 14.8. The Morgan fingerprint density at radius 3 is 2.19 bits per heavy atom. The lowest BCUT2D eigenvalue weighted by atomic mass is 9.99. The molecule has 3 nitrogen and oxygen atoms in total. The second-order valence-corrected chi connectivity index (χ2v) is 5.91. The van der Waals surface area contributed by atoms with Crippen LogP contribution in [0.15, 0.2) is 30.3 Å². The minimum atomic E-state index is -0.500. The summed E-state index contributed by atoms with van der Waals surface area (Å²) in [5.74, 6) is 1.26. The van der Waals surface area contributed by atoms with Gasteiger partial charge in [-0.05, 0) is 35.4 Å². The molecule has 21 heavy (non-hydrogen) atoms. The van der Waals surface area contributed by atoms with Crippen molar-refractivity contribution in [3.63, 3.8) is 0 Å². The quantitative estimate of drug-likeness (QED) is 0.874. The molecule has 0 spiro atoms. The molecule has 0 fully saturated rings. The monoisotopic (exact) mass is 343 g/mol. The predicted molar refractivity (Wildman–Crippen MR) is 84.9 cm³/mol. The smallest absolute Gasteiger partial charge is 0.162 e. The molecule has 2 N–H and O–H groups in total. The van der Waals surface area contributed by atoms with Crippen molar-refractivity contribution in [1.29, 1.82) is 0 Å². The number of rotatable bonds is 2. The molecular weight excluding hydrogens is 333 g/mol. The molecule has 0 saturated carbocycles. The molecule has 3 rings (SSSR count). The zero-order valence-electron chi connectivity index (χ0n) is 10.9. The van der Waals surface area contributed by atoms with E-state index in [0.29, 0.717) is 50.9 Å². The van der Waals surface area contributed by atoms with Gasteiger partial charge in [0.1, 0.15) is 13.2 Å². The van der Waals surface area contributed by atoms with Gasteiger partial charge in [0.05, 0.1) is 6.04 Å². The highest BCUT2D eigenvalue weighted by molar-refractivity contribution is 6.34. The van der Waals surface area contributed by atoms with Gasteiger partial charge < -0.3 is 15.2 Å². The summed E-state index contributed by atoms with van der Waals surface area (Å²) in [7, 11) is 0. The Hall–Kier alpha value is -1.13. The molecule has 2 aromatic rings. The van der Waals surface area contributed by atoms with Crippen molar-refractivity contribution >= 4 is 34.8 Å². The Labute approximate surface area is 137 Å². The van der Waals surface area contributed by atoms with Crippen LogP contribution in [-0.4, -0.2) is 13.2 Å². The average Bonchev–Trinajstić information content (AvgIpc) is 2.48. The van der Waals surface area contributed by atoms with Gasteiger partial charge in [0.25, 0.3) is 0 Å². The van der Waals surface area contributed by atoms with E-state index in [1.54, 1.807) is 30.3 Å². The zero-order valence-corrected chi connectivity index (χ0v) is 13.2. The van der Waals surface area contributed by atoms with Gasteiger partial charge in [0, 0.05) is 21.1 Å². The van der Waals surface area contributed by atoms with Crippen LogP contribution in [0.1, 0.15) is 17.2 Å². The maximum absolute atomic E-state index is 6.31. The van der Waals surface area contributed by atoms with E-state index in [1.807, 2.05) is 0 Å². The third kappa shape index (κ3) is 2.92. The molecule has 1 heterocycles. The fourth-order valence-corrected chi connectivity index (χ4v) is 2.93. The Bertz CT molecular complexity index is 691. The van der Waals surface area contributed by atoms with Gasteiger partial charge in [-0.3, -0.25) is 0 Å². The normalized spacial score (nSPS) is 14.9. The average molecular weight is 345 g/mol. The van der Waals surface area contributed by atoms with Gasteiger partial charge in [-0.25, -0.2) is 0 Å². The zero-order chi connectivity index (χ0) is 15.0. The van der Waals surface area contributed by atoms with Crippen molar-refractivity contribution in [2.24, 2.45) is 5.73 Å². The first-order valence-electron chi connectivity index (χ1n) is 6.36. The number of hydrogen-bond donors (Lipinski definition) is 1.